The molecular weight excluding hydrogens is 312 g/mol. The second-order valence-corrected chi connectivity index (χ2v) is 6.54. The first-order chi connectivity index (χ1) is 12.1. The van der Waals surface area contributed by atoms with Crippen molar-refractivity contribution in [3.05, 3.63) is 65.7 Å². The summed E-state index contributed by atoms with van der Waals surface area (Å²) in [5.74, 6) is 0.673. The highest BCUT2D eigenvalue weighted by molar-refractivity contribution is 5.78. The number of likely N-dealkylation sites (tertiary alicyclic amines) is 1. The van der Waals surface area contributed by atoms with Crippen LogP contribution in [-0.4, -0.2) is 30.5 Å². The van der Waals surface area contributed by atoms with Crippen molar-refractivity contribution in [2.75, 3.05) is 19.7 Å². The van der Waals surface area contributed by atoms with Crippen LogP contribution in [0, 0.1) is 18.3 Å². The van der Waals surface area contributed by atoms with Crippen LogP contribution in [0.3, 0.4) is 0 Å². The maximum atomic E-state index is 12.4. The first-order valence-electron chi connectivity index (χ1n) is 8.57. The largest absolute Gasteiger partial charge is 0.484 e. The number of ether oxygens (including phenoxy) is 1. The normalized spacial score (nSPS) is 16.1. The van der Waals surface area contributed by atoms with Gasteiger partial charge in [0.1, 0.15) is 5.75 Å². The van der Waals surface area contributed by atoms with E-state index in [1.165, 1.54) is 0 Å². The molecule has 2 aromatic rings. The van der Waals surface area contributed by atoms with Gasteiger partial charge in [-0.15, -0.1) is 0 Å². The third-order valence-electron chi connectivity index (χ3n) is 4.89. The van der Waals surface area contributed by atoms with E-state index < -0.39 is 5.41 Å². The minimum atomic E-state index is -0.490. The van der Waals surface area contributed by atoms with E-state index in [-0.39, 0.29) is 12.5 Å². The molecule has 0 radical (unpaired) electrons. The van der Waals surface area contributed by atoms with Crippen LogP contribution >= 0.6 is 0 Å². The molecule has 0 N–H and O–H groups in total. The van der Waals surface area contributed by atoms with Crippen LogP contribution < -0.4 is 4.74 Å². The van der Waals surface area contributed by atoms with E-state index in [1.54, 1.807) is 4.90 Å². The molecule has 0 aromatic heterocycles. The van der Waals surface area contributed by atoms with Gasteiger partial charge in [-0.1, -0.05) is 48.0 Å². The maximum Gasteiger partial charge on any atom is 0.260 e. The summed E-state index contributed by atoms with van der Waals surface area (Å²) in [7, 11) is 0. The van der Waals surface area contributed by atoms with Gasteiger partial charge in [0.25, 0.3) is 5.91 Å². The number of rotatable bonds is 4. The van der Waals surface area contributed by atoms with Crippen LogP contribution in [0.15, 0.2) is 54.6 Å². The zero-order valence-electron chi connectivity index (χ0n) is 14.4. The number of nitrogens with zero attached hydrogens (tertiary/aromatic N) is 2. The van der Waals surface area contributed by atoms with Crippen molar-refractivity contribution in [1.82, 2.24) is 4.90 Å². The number of aryl methyl sites for hydroxylation is 1. The fourth-order valence-electron chi connectivity index (χ4n) is 3.23. The van der Waals surface area contributed by atoms with Gasteiger partial charge in [-0.2, -0.15) is 5.26 Å². The molecule has 0 atom stereocenters. The van der Waals surface area contributed by atoms with Crippen molar-refractivity contribution in [1.29, 1.82) is 5.26 Å². The Bertz CT molecular complexity index is 755. The van der Waals surface area contributed by atoms with E-state index in [0.717, 1.165) is 11.1 Å². The lowest BCUT2D eigenvalue weighted by Gasteiger charge is -2.37. The van der Waals surface area contributed by atoms with Gasteiger partial charge < -0.3 is 9.64 Å². The van der Waals surface area contributed by atoms with E-state index in [0.29, 0.717) is 31.7 Å². The zero-order valence-corrected chi connectivity index (χ0v) is 14.4. The van der Waals surface area contributed by atoms with Crippen molar-refractivity contribution in [2.24, 2.45) is 0 Å². The van der Waals surface area contributed by atoms with Gasteiger partial charge in [-0.25, -0.2) is 0 Å². The lowest BCUT2D eigenvalue weighted by Crippen LogP contribution is -2.46. The fraction of sp³-hybridized carbons (Fsp3) is 0.333. The minimum absolute atomic E-state index is 0.0276. The molecule has 128 valence electrons. The molecule has 2 aromatic carbocycles. The molecule has 1 heterocycles. The second kappa shape index (κ2) is 7.40. The summed E-state index contributed by atoms with van der Waals surface area (Å²) in [4.78, 5) is 14.2. The highest BCUT2D eigenvalue weighted by Crippen LogP contribution is 2.34. The molecule has 0 unspecified atom stereocenters. The van der Waals surface area contributed by atoms with Crippen molar-refractivity contribution in [3.63, 3.8) is 0 Å². The molecule has 4 heteroatoms. The van der Waals surface area contributed by atoms with Gasteiger partial charge in [0.05, 0.1) is 11.5 Å². The Morgan fingerprint density at radius 1 is 1.12 bits per heavy atom. The minimum Gasteiger partial charge on any atom is -0.484 e. The Balaban J connectivity index is 1.57. The highest BCUT2D eigenvalue weighted by atomic mass is 16.5. The van der Waals surface area contributed by atoms with Crippen LogP contribution in [0.25, 0.3) is 0 Å². The van der Waals surface area contributed by atoms with Crippen molar-refractivity contribution in [2.45, 2.75) is 25.2 Å². The summed E-state index contributed by atoms with van der Waals surface area (Å²) in [5, 5.41) is 9.72. The molecule has 4 nitrogen and oxygen atoms in total. The predicted molar refractivity (Wildman–Crippen MR) is 96.2 cm³/mol. The first-order valence-corrected chi connectivity index (χ1v) is 8.57. The molecule has 0 spiro atoms. The summed E-state index contributed by atoms with van der Waals surface area (Å²) in [5.41, 5.74) is 1.71. The zero-order chi connectivity index (χ0) is 17.7. The molecule has 1 saturated heterocycles. The van der Waals surface area contributed by atoms with Crippen LogP contribution in [0.1, 0.15) is 24.0 Å². The summed E-state index contributed by atoms with van der Waals surface area (Å²) < 4.78 is 5.58. The van der Waals surface area contributed by atoms with Crippen molar-refractivity contribution >= 4 is 5.91 Å². The summed E-state index contributed by atoms with van der Waals surface area (Å²) >= 11 is 0. The highest BCUT2D eigenvalue weighted by Gasteiger charge is 2.37. The quantitative estimate of drug-likeness (QED) is 0.860. The number of hydrogen-bond acceptors (Lipinski definition) is 3. The van der Waals surface area contributed by atoms with E-state index in [4.69, 9.17) is 4.74 Å². The van der Waals surface area contributed by atoms with E-state index in [1.807, 2.05) is 61.5 Å². The van der Waals surface area contributed by atoms with E-state index >= 15 is 0 Å². The van der Waals surface area contributed by atoms with Gasteiger partial charge in [0.2, 0.25) is 0 Å². The monoisotopic (exact) mass is 334 g/mol. The molecule has 3 rings (SSSR count). The van der Waals surface area contributed by atoms with Gasteiger partial charge in [0.15, 0.2) is 6.61 Å². The third kappa shape index (κ3) is 3.83. The molecule has 25 heavy (non-hydrogen) atoms. The Kier molecular flexibility index (Phi) is 5.04. The molecule has 0 saturated carbocycles. The molecule has 1 amide bonds. The smallest absolute Gasteiger partial charge is 0.260 e. The van der Waals surface area contributed by atoms with Crippen LogP contribution in [0.4, 0.5) is 0 Å². The number of piperidine rings is 1. The fourth-order valence-corrected chi connectivity index (χ4v) is 3.23. The van der Waals surface area contributed by atoms with Gasteiger partial charge in [0, 0.05) is 13.1 Å². The lowest BCUT2D eigenvalue weighted by atomic mass is 9.74. The molecule has 1 aliphatic rings. The van der Waals surface area contributed by atoms with Gasteiger partial charge in [-0.3, -0.25) is 4.79 Å². The average Bonchev–Trinajstić information content (AvgIpc) is 2.68. The number of amides is 1. The SMILES string of the molecule is Cc1ccc(OCC(=O)N2CCC(C#N)(c3ccccc3)CC2)cc1. The number of benzene rings is 2. The van der Waals surface area contributed by atoms with Crippen molar-refractivity contribution in [3.8, 4) is 11.8 Å². The van der Waals surface area contributed by atoms with E-state index in [2.05, 4.69) is 6.07 Å². The summed E-state index contributed by atoms with van der Waals surface area (Å²) in [6.45, 7) is 3.21. The molecule has 0 aliphatic carbocycles. The van der Waals surface area contributed by atoms with Crippen LogP contribution in [0.2, 0.25) is 0 Å². The Hall–Kier alpha value is -2.80. The Labute approximate surface area is 148 Å². The maximum absolute atomic E-state index is 12.4. The summed E-state index contributed by atoms with van der Waals surface area (Å²) in [6.07, 6.45) is 1.31. The van der Waals surface area contributed by atoms with Crippen molar-refractivity contribution < 1.29 is 9.53 Å². The predicted octanol–water partition coefficient (Wildman–Crippen LogP) is 3.46. The Morgan fingerprint density at radius 3 is 2.36 bits per heavy atom. The number of carbonyl (C=O) groups excluding carboxylic acids is 1. The average molecular weight is 334 g/mol. The molecule has 1 fully saturated rings. The first kappa shape index (κ1) is 17.0. The second-order valence-electron chi connectivity index (χ2n) is 6.54. The molecule has 0 bridgehead atoms. The summed E-state index contributed by atoms with van der Waals surface area (Å²) in [6, 6.07) is 20.0. The Morgan fingerprint density at radius 2 is 1.76 bits per heavy atom. The van der Waals surface area contributed by atoms with E-state index in [9.17, 15) is 10.1 Å². The van der Waals surface area contributed by atoms with Crippen LogP contribution in [0.5, 0.6) is 5.75 Å². The standard InChI is InChI=1S/C21H22N2O2/c1-17-7-9-19(10-8-17)25-15-20(24)23-13-11-21(16-22,12-14-23)18-5-3-2-4-6-18/h2-10H,11-15H2,1H3. The number of carbonyl (C=O) groups is 1. The third-order valence-corrected chi connectivity index (χ3v) is 4.89. The topological polar surface area (TPSA) is 53.3 Å². The molecular formula is C21H22N2O2. The molecule has 1 aliphatic heterocycles. The number of hydrogen-bond donors (Lipinski definition) is 0. The lowest BCUT2D eigenvalue weighted by molar-refractivity contribution is -0.134. The number of nitriles is 1. The van der Waals surface area contributed by atoms with Gasteiger partial charge in [-0.05, 0) is 37.5 Å². The van der Waals surface area contributed by atoms with Crippen LogP contribution in [-0.2, 0) is 10.2 Å². The van der Waals surface area contributed by atoms with Gasteiger partial charge >= 0.3 is 0 Å².